The quantitative estimate of drug-likeness (QED) is 0.867. The number of carboxylic acids is 1. The van der Waals surface area contributed by atoms with E-state index in [4.69, 9.17) is 4.74 Å². The molecule has 2 aliphatic rings. The van der Waals surface area contributed by atoms with Crippen LogP contribution in [0, 0.1) is 0 Å². The minimum absolute atomic E-state index is 0.297. The topological polar surface area (TPSA) is 83.9 Å². The number of rotatable bonds is 3. The molecule has 0 radical (unpaired) electrons. The number of thiophene rings is 1. The lowest BCUT2D eigenvalue weighted by atomic mass is 9.86. The number of benzene rings is 1. The summed E-state index contributed by atoms with van der Waals surface area (Å²) in [7, 11) is -3.52. The molecule has 3 heterocycles. The predicted molar refractivity (Wildman–Crippen MR) is 97.0 cm³/mol. The van der Waals surface area contributed by atoms with Crippen LogP contribution in [0.4, 0.5) is 0 Å². The average molecular weight is 393 g/mol. The van der Waals surface area contributed by atoms with Gasteiger partial charge in [-0.1, -0.05) is 18.2 Å². The average Bonchev–Trinajstić information content (AvgIpc) is 3.09. The normalized spacial score (nSPS) is 20.0. The van der Waals surface area contributed by atoms with Crippen LogP contribution >= 0.6 is 11.3 Å². The van der Waals surface area contributed by atoms with Gasteiger partial charge in [-0.05, 0) is 43.0 Å². The molecule has 1 spiro atoms. The molecule has 1 aromatic carbocycles. The van der Waals surface area contributed by atoms with Crippen molar-refractivity contribution < 1.29 is 23.1 Å². The number of ether oxygens (including phenoxy) is 1. The lowest BCUT2D eigenvalue weighted by molar-refractivity contribution is -0.0861. The standard InChI is InChI=1S/C18H19NO5S2/c20-17(21)15-12-13-6-11-24-18(16(13)25-15)7-9-19(10-8-18)26(22,23)14-4-2-1-3-5-14/h1-5,12H,6-11H2,(H,20,21). The number of piperidine rings is 1. The van der Waals surface area contributed by atoms with Crippen LogP contribution in [-0.4, -0.2) is 43.5 Å². The molecule has 1 aromatic heterocycles. The second-order valence-corrected chi connectivity index (χ2v) is 9.57. The first-order chi connectivity index (χ1) is 12.4. The van der Waals surface area contributed by atoms with E-state index in [0.717, 1.165) is 10.4 Å². The molecule has 1 saturated heterocycles. The SMILES string of the molecule is O=C(O)c1cc2c(s1)C1(CCN(S(=O)(=O)c3ccccc3)CC1)OCC2. The van der Waals surface area contributed by atoms with E-state index < -0.39 is 21.6 Å². The molecule has 138 valence electrons. The largest absolute Gasteiger partial charge is 0.477 e. The van der Waals surface area contributed by atoms with E-state index in [1.807, 2.05) is 0 Å². The highest BCUT2D eigenvalue weighted by atomic mass is 32.2. The Hall–Kier alpha value is -1.74. The molecule has 1 N–H and O–H groups in total. The van der Waals surface area contributed by atoms with Crippen LogP contribution in [0.2, 0.25) is 0 Å². The zero-order chi connectivity index (χ0) is 18.4. The Morgan fingerprint density at radius 2 is 1.88 bits per heavy atom. The minimum Gasteiger partial charge on any atom is -0.477 e. The molecule has 0 amide bonds. The molecule has 0 atom stereocenters. The Morgan fingerprint density at radius 3 is 2.54 bits per heavy atom. The molecule has 0 aliphatic carbocycles. The molecule has 4 rings (SSSR count). The molecular weight excluding hydrogens is 374 g/mol. The second-order valence-electron chi connectivity index (χ2n) is 6.58. The van der Waals surface area contributed by atoms with E-state index in [0.29, 0.717) is 48.7 Å². The third-order valence-electron chi connectivity index (χ3n) is 5.09. The molecule has 6 nitrogen and oxygen atoms in total. The van der Waals surface area contributed by atoms with Crippen LogP contribution in [0.15, 0.2) is 41.3 Å². The van der Waals surface area contributed by atoms with Crippen molar-refractivity contribution >= 4 is 27.3 Å². The number of nitrogens with zero attached hydrogens (tertiary/aromatic N) is 1. The van der Waals surface area contributed by atoms with E-state index in [1.54, 1.807) is 36.4 Å². The first-order valence-electron chi connectivity index (χ1n) is 8.48. The van der Waals surface area contributed by atoms with Gasteiger partial charge in [0.1, 0.15) is 10.5 Å². The highest BCUT2D eigenvalue weighted by Gasteiger charge is 2.44. The summed E-state index contributed by atoms with van der Waals surface area (Å²) in [4.78, 5) is 12.9. The van der Waals surface area contributed by atoms with Crippen molar-refractivity contribution in [2.75, 3.05) is 19.7 Å². The van der Waals surface area contributed by atoms with Crippen LogP contribution in [0.25, 0.3) is 0 Å². The van der Waals surface area contributed by atoms with Crippen molar-refractivity contribution in [2.24, 2.45) is 0 Å². The van der Waals surface area contributed by atoms with E-state index >= 15 is 0 Å². The van der Waals surface area contributed by atoms with Gasteiger partial charge in [0.15, 0.2) is 0 Å². The maximum absolute atomic E-state index is 12.8. The molecule has 2 aliphatic heterocycles. The van der Waals surface area contributed by atoms with E-state index in [-0.39, 0.29) is 0 Å². The number of carbonyl (C=O) groups is 1. The fourth-order valence-corrected chi connectivity index (χ4v) is 6.44. The van der Waals surface area contributed by atoms with Crippen LogP contribution in [0.1, 0.15) is 33.0 Å². The molecule has 0 unspecified atom stereocenters. The highest BCUT2D eigenvalue weighted by molar-refractivity contribution is 7.89. The Balaban J connectivity index is 1.59. The Kier molecular flexibility index (Phi) is 4.38. The van der Waals surface area contributed by atoms with Crippen molar-refractivity contribution in [1.82, 2.24) is 4.31 Å². The number of aromatic carboxylic acids is 1. The van der Waals surface area contributed by atoms with Crippen molar-refractivity contribution in [1.29, 1.82) is 0 Å². The number of sulfonamides is 1. The first kappa shape index (κ1) is 17.7. The lowest BCUT2D eigenvalue weighted by Crippen LogP contribution is -2.47. The summed E-state index contributed by atoms with van der Waals surface area (Å²) in [6, 6.07) is 10.2. The summed E-state index contributed by atoms with van der Waals surface area (Å²) >= 11 is 1.26. The molecule has 0 bridgehead atoms. The second kappa shape index (κ2) is 6.45. The highest BCUT2D eigenvalue weighted by Crippen LogP contribution is 2.46. The van der Waals surface area contributed by atoms with Gasteiger partial charge in [-0.2, -0.15) is 4.31 Å². The van der Waals surface area contributed by atoms with Crippen LogP contribution in [-0.2, 0) is 26.8 Å². The maximum atomic E-state index is 12.8. The Labute approximate surface area is 156 Å². The van der Waals surface area contributed by atoms with E-state index in [2.05, 4.69) is 0 Å². The van der Waals surface area contributed by atoms with E-state index in [9.17, 15) is 18.3 Å². The Bertz CT molecular complexity index is 928. The molecule has 2 aromatic rings. The van der Waals surface area contributed by atoms with E-state index in [1.165, 1.54) is 15.6 Å². The number of carboxylic acid groups (broad SMARTS) is 1. The van der Waals surface area contributed by atoms with Gasteiger partial charge in [0.05, 0.1) is 11.5 Å². The van der Waals surface area contributed by atoms with Crippen LogP contribution in [0.5, 0.6) is 0 Å². The van der Waals surface area contributed by atoms with Crippen molar-refractivity contribution in [2.45, 2.75) is 29.8 Å². The fourth-order valence-electron chi connectivity index (χ4n) is 3.73. The molecular formula is C18H19NO5S2. The molecule has 0 saturated carbocycles. The smallest absolute Gasteiger partial charge is 0.345 e. The summed E-state index contributed by atoms with van der Waals surface area (Å²) < 4.78 is 33.2. The number of hydrogen-bond acceptors (Lipinski definition) is 5. The van der Waals surface area contributed by atoms with Gasteiger partial charge < -0.3 is 9.84 Å². The third-order valence-corrected chi connectivity index (χ3v) is 8.36. The Morgan fingerprint density at radius 1 is 1.19 bits per heavy atom. The van der Waals surface area contributed by atoms with Crippen LogP contribution < -0.4 is 0 Å². The van der Waals surface area contributed by atoms with Gasteiger partial charge in [-0.3, -0.25) is 0 Å². The summed E-state index contributed by atoms with van der Waals surface area (Å²) in [5, 5.41) is 9.28. The minimum atomic E-state index is -3.52. The number of fused-ring (bicyclic) bond motifs is 2. The monoisotopic (exact) mass is 393 g/mol. The van der Waals surface area contributed by atoms with Gasteiger partial charge in [0.2, 0.25) is 10.0 Å². The maximum Gasteiger partial charge on any atom is 0.345 e. The van der Waals surface area contributed by atoms with Crippen LogP contribution in [0.3, 0.4) is 0 Å². The van der Waals surface area contributed by atoms with Gasteiger partial charge in [0, 0.05) is 18.0 Å². The summed E-state index contributed by atoms with van der Waals surface area (Å²) in [6.45, 7) is 1.25. The summed E-state index contributed by atoms with van der Waals surface area (Å²) in [5.74, 6) is -0.927. The molecule has 1 fully saturated rings. The van der Waals surface area contributed by atoms with Crippen molar-refractivity contribution in [3.63, 3.8) is 0 Å². The lowest BCUT2D eigenvalue weighted by Gasteiger charge is -2.43. The van der Waals surface area contributed by atoms with Gasteiger partial charge in [-0.25, -0.2) is 13.2 Å². The van der Waals surface area contributed by atoms with Gasteiger partial charge in [-0.15, -0.1) is 11.3 Å². The third kappa shape index (κ3) is 2.87. The van der Waals surface area contributed by atoms with Gasteiger partial charge >= 0.3 is 5.97 Å². The summed E-state index contributed by atoms with van der Waals surface area (Å²) in [5.41, 5.74) is 0.465. The van der Waals surface area contributed by atoms with Crippen molar-refractivity contribution in [3.8, 4) is 0 Å². The fraction of sp³-hybridized carbons (Fsp3) is 0.389. The first-order valence-corrected chi connectivity index (χ1v) is 10.7. The molecule has 26 heavy (non-hydrogen) atoms. The zero-order valence-corrected chi connectivity index (χ0v) is 15.7. The molecule has 8 heteroatoms. The van der Waals surface area contributed by atoms with Gasteiger partial charge in [0.25, 0.3) is 0 Å². The summed E-state index contributed by atoms with van der Waals surface area (Å²) in [6.07, 6.45) is 1.77. The zero-order valence-electron chi connectivity index (χ0n) is 14.1. The van der Waals surface area contributed by atoms with Crippen molar-refractivity contribution in [3.05, 3.63) is 51.7 Å². The number of hydrogen-bond donors (Lipinski definition) is 1. The predicted octanol–water partition coefficient (Wildman–Crippen LogP) is 2.70.